The Balaban J connectivity index is 1.02. The van der Waals surface area contributed by atoms with Gasteiger partial charge in [0.15, 0.2) is 0 Å². The molecule has 1 unspecified atom stereocenters. The molecule has 0 saturated carbocycles. The van der Waals surface area contributed by atoms with Gasteiger partial charge < -0.3 is 9.73 Å². The van der Waals surface area contributed by atoms with E-state index in [1.54, 1.807) is 11.1 Å². The number of aliphatic imine (C=N–C) groups is 1. The lowest BCUT2D eigenvalue weighted by atomic mass is 9.98. The van der Waals surface area contributed by atoms with Gasteiger partial charge >= 0.3 is 0 Å². The molecule has 0 fully saturated rings. The van der Waals surface area contributed by atoms with E-state index in [-0.39, 0.29) is 0 Å². The van der Waals surface area contributed by atoms with E-state index >= 15 is 0 Å². The van der Waals surface area contributed by atoms with Gasteiger partial charge in [-0.3, -0.25) is 15.3 Å². The van der Waals surface area contributed by atoms with Crippen molar-refractivity contribution >= 4 is 22.6 Å². The molecule has 5 nitrogen and oxygen atoms in total. The number of hydrogen-bond donors (Lipinski definition) is 3. The Kier molecular flexibility index (Phi) is 5.18. The van der Waals surface area contributed by atoms with Gasteiger partial charge in [-0.1, -0.05) is 24.6 Å². The monoisotopic (exact) mass is 427 g/mol. The minimum absolute atomic E-state index is 0.785. The summed E-state index contributed by atoms with van der Waals surface area (Å²) in [5.74, 6) is 4.07. The van der Waals surface area contributed by atoms with Crippen molar-refractivity contribution in [3.63, 3.8) is 0 Å². The van der Waals surface area contributed by atoms with Gasteiger partial charge in [0, 0.05) is 23.9 Å². The van der Waals surface area contributed by atoms with E-state index in [1.165, 1.54) is 48.9 Å². The zero-order chi connectivity index (χ0) is 21.3. The molecule has 5 heteroatoms. The maximum Gasteiger partial charge on any atom is 0.275 e. The Hall–Kier alpha value is -3.08. The first kappa shape index (κ1) is 19.6. The summed E-state index contributed by atoms with van der Waals surface area (Å²) < 4.78 is 6.16. The van der Waals surface area contributed by atoms with Gasteiger partial charge in [0.2, 0.25) is 0 Å². The number of fused-ring (bicyclic) bond motifs is 2. The van der Waals surface area contributed by atoms with Crippen LogP contribution >= 0.6 is 0 Å². The molecule has 164 valence electrons. The van der Waals surface area contributed by atoms with E-state index in [0.29, 0.717) is 0 Å². The highest BCUT2D eigenvalue weighted by Crippen LogP contribution is 2.31. The van der Waals surface area contributed by atoms with Crippen LogP contribution in [0.4, 0.5) is 0 Å². The number of unbranched alkanes of at least 4 members (excludes halogenated alkanes) is 1. The topological polar surface area (TPSA) is 63.5 Å². The lowest BCUT2D eigenvalue weighted by Gasteiger charge is -2.07. The predicted molar refractivity (Wildman–Crippen MR) is 128 cm³/mol. The fourth-order valence-electron chi connectivity index (χ4n) is 5.39. The normalized spacial score (nSPS) is 19.6. The molecule has 1 aromatic heterocycles. The molecule has 3 N–H and O–H groups in total. The summed E-state index contributed by atoms with van der Waals surface area (Å²) in [6, 6.07) is 15.6. The summed E-state index contributed by atoms with van der Waals surface area (Å²) in [6.07, 6.45) is 7.22. The van der Waals surface area contributed by atoms with Crippen LogP contribution in [0.2, 0.25) is 0 Å². The van der Waals surface area contributed by atoms with Gasteiger partial charge in [0.05, 0.1) is 12.1 Å². The number of aryl methyl sites for hydroxylation is 1. The Labute approximate surface area is 189 Å². The first-order valence-electron chi connectivity index (χ1n) is 12.1. The number of nitrogens with zero attached hydrogens (tertiary/aromatic N) is 1. The zero-order valence-electron chi connectivity index (χ0n) is 18.5. The van der Waals surface area contributed by atoms with Gasteiger partial charge in [-0.15, -0.1) is 0 Å². The summed E-state index contributed by atoms with van der Waals surface area (Å²) in [7, 11) is 0. The molecule has 32 heavy (non-hydrogen) atoms. The minimum atomic E-state index is 0.785. The number of rotatable bonds is 7. The lowest BCUT2D eigenvalue weighted by molar-refractivity contribution is -0.444. The minimum Gasteiger partial charge on any atom is -0.461 e. The average molecular weight is 428 g/mol. The van der Waals surface area contributed by atoms with Crippen LogP contribution in [-0.4, -0.2) is 37.9 Å². The molecule has 1 aliphatic carbocycles. The van der Waals surface area contributed by atoms with E-state index in [9.17, 15) is 0 Å². The van der Waals surface area contributed by atoms with Crippen LogP contribution in [0.25, 0.3) is 11.0 Å². The second kappa shape index (κ2) is 8.45. The van der Waals surface area contributed by atoms with Gasteiger partial charge in [-0.2, -0.15) is 0 Å². The van der Waals surface area contributed by atoms with Crippen LogP contribution in [0.3, 0.4) is 0 Å². The third-order valence-corrected chi connectivity index (χ3v) is 7.04. The van der Waals surface area contributed by atoms with E-state index < -0.39 is 0 Å². The van der Waals surface area contributed by atoms with Crippen LogP contribution in [0.15, 0.2) is 51.9 Å². The van der Waals surface area contributed by atoms with Gasteiger partial charge in [0.1, 0.15) is 30.3 Å². The van der Waals surface area contributed by atoms with Crippen molar-refractivity contribution in [1.29, 1.82) is 0 Å². The second-order valence-corrected chi connectivity index (χ2v) is 9.35. The number of amidine groups is 2. The molecule has 0 radical (unpaired) electrons. The second-order valence-electron chi connectivity index (χ2n) is 9.35. The summed E-state index contributed by atoms with van der Waals surface area (Å²) in [5, 5.41) is 7.97. The average Bonchev–Trinajstić information content (AvgIpc) is 3.61. The summed E-state index contributed by atoms with van der Waals surface area (Å²) in [4.78, 5) is 7.96. The largest absolute Gasteiger partial charge is 0.461 e. The van der Waals surface area contributed by atoms with E-state index in [1.807, 2.05) is 0 Å². The van der Waals surface area contributed by atoms with Crippen LogP contribution in [0.1, 0.15) is 47.3 Å². The van der Waals surface area contributed by atoms with Gasteiger partial charge in [-0.25, -0.2) is 0 Å². The molecule has 0 bridgehead atoms. The van der Waals surface area contributed by atoms with E-state index in [2.05, 4.69) is 63.1 Å². The number of furan rings is 1. The van der Waals surface area contributed by atoms with Crippen LogP contribution < -0.4 is 15.6 Å². The van der Waals surface area contributed by atoms with Gasteiger partial charge in [-0.05, 0) is 67.0 Å². The maximum absolute atomic E-state index is 6.16. The van der Waals surface area contributed by atoms with Gasteiger partial charge in [0.25, 0.3) is 5.84 Å². The maximum atomic E-state index is 6.16. The number of nitrogens with one attached hydrogen (secondary N) is 3. The lowest BCUT2D eigenvalue weighted by Crippen LogP contribution is -2.70. The molecule has 3 aliphatic rings. The third-order valence-electron chi connectivity index (χ3n) is 7.04. The summed E-state index contributed by atoms with van der Waals surface area (Å²) in [5.41, 5.74) is 6.50. The molecule has 2 aliphatic heterocycles. The summed E-state index contributed by atoms with van der Waals surface area (Å²) >= 11 is 0. The predicted octanol–water partition coefficient (Wildman–Crippen LogP) is 2.34. The van der Waals surface area contributed by atoms with Crippen LogP contribution in [0, 0.1) is 5.92 Å². The Morgan fingerprint density at radius 1 is 0.938 bits per heavy atom. The molecule has 3 aromatic rings. The molecular weight excluding hydrogens is 396 g/mol. The smallest absolute Gasteiger partial charge is 0.275 e. The Bertz CT molecular complexity index is 1210. The molecule has 0 saturated heterocycles. The standard InChI is InChI=1S/C27H30N4O/c1(3-18-13-19-5-7-21(15-23(19)14-18)26-28-9-10-29-26)2-4-24-16-20-6-8-22(17-25(20)32-24)27-30-11-12-31-27/h5-8,15-18H,1-4,9-14H2,(H,28,29)(H,30,31)/p+1. The number of benzene rings is 2. The first-order valence-corrected chi connectivity index (χ1v) is 12.1. The van der Waals surface area contributed by atoms with Crippen molar-refractivity contribution in [3.8, 4) is 0 Å². The van der Waals surface area contributed by atoms with Crippen molar-refractivity contribution in [2.45, 2.75) is 38.5 Å². The molecule has 0 spiro atoms. The Morgan fingerprint density at radius 3 is 2.75 bits per heavy atom. The molecular formula is C27H31N4O+. The Morgan fingerprint density at radius 2 is 1.88 bits per heavy atom. The highest BCUT2D eigenvalue weighted by atomic mass is 16.3. The van der Waals surface area contributed by atoms with Crippen molar-refractivity contribution in [2.75, 3.05) is 26.2 Å². The summed E-state index contributed by atoms with van der Waals surface area (Å²) in [6.45, 7) is 3.83. The fraction of sp³-hybridized carbons (Fsp3) is 0.407. The molecule has 0 amide bonds. The fourth-order valence-corrected chi connectivity index (χ4v) is 5.39. The molecule has 6 rings (SSSR count). The highest BCUT2D eigenvalue weighted by molar-refractivity contribution is 6.02. The van der Waals surface area contributed by atoms with Crippen molar-refractivity contribution in [2.24, 2.45) is 10.9 Å². The first-order chi connectivity index (χ1) is 15.8. The molecule has 1 atom stereocenters. The highest BCUT2D eigenvalue weighted by Gasteiger charge is 2.23. The molecule has 3 heterocycles. The molecule has 2 aromatic carbocycles. The van der Waals surface area contributed by atoms with Crippen LogP contribution in [0.5, 0.6) is 0 Å². The quantitative estimate of drug-likeness (QED) is 0.507. The van der Waals surface area contributed by atoms with E-state index in [4.69, 9.17) is 4.42 Å². The van der Waals surface area contributed by atoms with Crippen molar-refractivity contribution in [3.05, 3.63) is 70.5 Å². The zero-order valence-corrected chi connectivity index (χ0v) is 18.5. The SMILES string of the molecule is c1cc2cc(CCCCC3Cc4ccc(C5=[NH+]CCN5)cc4C3)oc2cc1C1=NCCN1. The van der Waals surface area contributed by atoms with Crippen molar-refractivity contribution in [1.82, 2.24) is 10.6 Å². The van der Waals surface area contributed by atoms with E-state index in [0.717, 1.165) is 61.3 Å². The van der Waals surface area contributed by atoms with Crippen LogP contribution in [-0.2, 0) is 19.3 Å². The number of hydrogen-bond acceptors (Lipinski definition) is 4. The third kappa shape index (κ3) is 3.92. The van der Waals surface area contributed by atoms with Crippen molar-refractivity contribution < 1.29 is 9.41 Å².